The Morgan fingerprint density at radius 1 is 0.914 bits per heavy atom. The number of nitrogens with one attached hydrogen (secondary N) is 1. The number of amides is 3. The van der Waals surface area contributed by atoms with E-state index in [0.29, 0.717) is 19.3 Å². The number of nitrogens with two attached hydrogens (primary N) is 2. The van der Waals surface area contributed by atoms with Gasteiger partial charge in [-0.05, 0) is 54.9 Å². The van der Waals surface area contributed by atoms with Crippen LogP contribution < -0.4 is 16.8 Å². The summed E-state index contributed by atoms with van der Waals surface area (Å²) < 4.78 is 0. The summed E-state index contributed by atoms with van der Waals surface area (Å²) >= 11 is 0. The van der Waals surface area contributed by atoms with Gasteiger partial charge < -0.3 is 21.5 Å². The second kappa shape index (κ2) is 13.6. The highest BCUT2D eigenvalue weighted by Crippen LogP contribution is 2.17. The third-order valence-electron chi connectivity index (χ3n) is 5.87. The molecule has 35 heavy (non-hydrogen) atoms. The van der Waals surface area contributed by atoms with Gasteiger partial charge in [0.25, 0.3) is 0 Å². The molecule has 190 valence electrons. The fraction of sp³-hybridized carbons (Fsp3) is 0.444. The lowest BCUT2D eigenvalue weighted by Gasteiger charge is -2.34. The minimum atomic E-state index is -0.897. The predicted octanol–water partition coefficient (Wildman–Crippen LogP) is 2.13. The number of phenolic OH excluding ortho intramolecular Hbond substituents is 1. The first-order valence-electron chi connectivity index (χ1n) is 12.1. The Morgan fingerprint density at radius 2 is 1.54 bits per heavy atom. The van der Waals surface area contributed by atoms with Crippen molar-refractivity contribution in [3.63, 3.8) is 0 Å². The number of aromatic hydroxyl groups is 1. The van der Waals surface area contributed by atoms with Gasteiger partial charge in [0.15, 0.2) is 0 Å². The third-order valence-corrected chi connectivity index (χ3v) is 5.87. The second-order valence-electron chi connectivity index (χ2n) is 9.26. The Morgan fingerprint density at radius 3 is 2.11 bits per heavy atom. The van der Waals surface area contributed by atoms with Crippen LogP contribution in [0.4, 0.5) is 0 Å². The number of imide groups is 1. The molecule has 1 unspecified atom stereocenters. The van der Waals surface area contributed by atoms with E-state index >= 15 is 0 Å². The Bertz CT molecular complexity index is 963. The standard InChI is InChI=1S/C27H38N4O4/c1-4-22(28)25(33)30-26(34)24(16-18(2)3)31(15-14-19-8-6-5-7-9-19)27(35)23(29)17-20-10-12-21(32)13-11-20/h5-13,18,22-24,32H,4,14-17,28-29H2,1-3H3,(H,30,33,34)/t22?,23-,24-/m0/s1. The maximum atomic E-state index is 13.6. The molecule has 2 aromatic rings. The van der Waals surface area contributed by atoms with Crippen molar-refractivity contribution in [2.75, 3.05) is 6.54 Å². The molecule has 0 heterocycles. The quantitative estimate of drug-likeness (QED) is 0.366. The first kappa shape index (κ1) is 28.0. The van der Waals surface area contributed by atoms with Crippen LogP contribution >= 0.6 is 0 Å². The number of phenols is 1. The van der Waals surface area contributed by atoms with Crippen molar-refractivity contribution in [2.45, 2.75) is 64.6 Å². The summed E-state index contributed by atoms with van der Waals surface area (Å²) in [6, 6.07) is 13.6. The van der Waals surface area contributed by atoms with Crippen LogP contribution in [-0.4, -0.2) is 52.4 Å². The van der Waals surface area contributed by atoms with Crippen molar-refractivity contribution in [1.82, 2.24) is 10.2 Å². The van der Waals surface area contributed by atoms with Crippen LogP contribution in [-0.2, 0) is 27.2 Å². The summed E-state index contributed by atoms with van der Waals surface area (Å²) in [5.74, 6) is -1.27. The van der Waals surface area contributed by atoms with E-state index in [1.165, 1.54) is 17.0 Å². The molecular formula is C27H38N4O4. The van der Waals surface area contributed by atoms with Crippen LogP contribution in [0.5, 0.6) is 5.75 Å². The molecular weight excluding hydrogens is 444 g/mol. The molecule has 8 heteroatoms. The Balaban J connectivity index is 2.31. The molecule has 8 nitrogen and oxygen atoms in total. The number of rotatable bonds is 12. The minimum Gasteiger partial charge on any atom is -0.508 e. The molecule has 3 amide bonds. The number of nitrogens with zero attached hydrogens (tertiary/aromatic N) is 1. The van der Waals surface area contributed by atoms with Crippen molar-refractivity contribution in [2.24, 2.45) is 17.4 Å². The first-order chi connectivity index (χ1) is 16.6. The highest BCUT2D eigenvalue weighted by atomic mass is 16.3. The summed E-state index contributed by atoms with van der Waals surface area (Å²) in [7, 11) is 0. The number of benzene rings is 2. The zero-order chi connectivity index (χ0) is 26.0. The molecule has 0 aliphatic carbocycles. The Labute approximate surface area is 207 Å². The Hall–Kier alpha value is -3.23. The van der Waals surface area contributed by atoms with Crippen LogP contribution in [0.15, 0.2) is 54.6 Å². The van der Waals surface area contributed by atoms with E-state index in [4.69, 9.17) is 11.5 Å². The van der Waals surface area contributed by atoms with Crippen molar-refractivity contribution < 1.29 is 19.5 Å². The molecule has 0 radical (unpaired) electrons. The molecule has 0 spiro atoms. The minimum absolute atomic E-state index is 0.0843. The predicted molar refractivity (Wildman–Crippen MR) is 136 cm³/mol. The van der Waals surface area contributed by atoms with Gasteiger partial charge in [0.05, 0.1) is 12.1 Å². The number of carbonyl (C=O) groups excluding carboxylic acids is 3. The van der Waals surface area contributed by atoms with E-state index < -0.39 is 29.9 Å². The lowest BCUT2D eigenvalue weighted by molar-refractivity contribution is -0.144. The molecule has 0 bridgehead atoms. The van der Waals surface area contributed by atoms with Crippen molar-refractivity contribution in [3.8, 4) is 5.75 Å². The molecule has 0 aliphatic rings. The molecule has 0 aromatic heterocycles. The number of carbonyl (C=O) groups is 3. The average Bonchev–Trinajstić information content (AvgIpc) is 2.84. The lowest BCUT2D eigenvalue weighted by Crippen LogP contribution is -2.57. The zero-order valence-electron chi connectivity index (χ0n) is 20.8. The van der Waals surface area contributed by atoms with Gasteiger partial charge in [-0.15, -0.1) is 0 Å². The largest absolute Gasteiger partial charge is 0.508 e. The van der Waals surface area contributed by atoms with Gasteiger partial charge in [0.2, 0.25) is 17.7 Å². The van der Waals surface area contributed by atoms with E-state index in [0.717, 1.165) is 11.1 Å². The van der Waals surface area contributed by atoms with Crippen molar-refractivity contribution in [3.05, 3.63) is 65.7 Å². The van der Waals surface area contributed by atoms with Crippen LogP contribution in [0, 0.1) is 5.92 Å². The van der Waals surface area contributed by atoms with Crippen LogP contribution in [0.1, 0.15) is 44.7 Å². The normalized spacial score (nSPS) is 13.7. The second-order valence-corrected chi connectivity index (χ2v) is 9.26. The lowest BCUT2D eigenvalue weighted by atomic mass is 9.98. The van der Waals surface area contributed by atoms with Crippen molar-refractivity contribution in [1.29, 1.82) is 0 Å². The molecule has 0 saturated heterocycles. The summed E-state index contributed by atoms with van der Waals surface area (Å²) in [6.45, 7) is 5.94. The molecule has 6 N–H and O–H groups in total. The van der Waals surface area contributed by atoms with E-state index in [2.05, 4.69) is 5.32 Å². The maximum absolute atomic E-state index is 13.6. The van der Waals surface area contributed by atoms with Crippen molar-refractivity contribution >= 4 is 17.7 Å². The average molecular weight is 483 g/mol. The molecule has 0 saturated carbocycles. The van der Waals surface area contributed by atoms with Gasteiger partial charge in [0, 0.05) is 6.54 Å². The van der Waals surface area contributed by atoms with E-state index in [-0.39, 0.29) is 30.5 Å². The smallest absolute Gasteiger partial charge is 0.249 e. The molecule has 2 aromatic carbocycles. The van der Waals surface area contributed by atoms with E-state index in [1.54, 1.807) is 19.1 Å². The highest BCUT2D eigenvalue weighted by molar-refractivity contribution is 6.01. The van der Waals surface area contributed by atoms with Gasteiger partial charge in [0.1, 0.15) is 11.8 Å². The van der Waals surface area contributed by atoms with Gasteiger partial charge in [-0.1, -0.05) is 63.2 Å². The van der Waals surface area contributed by atoms with Crippen LogP contribution in [0.25, 0.3) is 0 Å². The summed E-state index contributed by atoms with van der Waals surface area (Å²) in [6.07, 6.45) is 1.54. The number of hydrogen-bond acceptors (Lipinski definition) is 6. The third kappa shape index (κ3) is 8.81. The molecule has 0 fully saturated rings. The van der Waals surface area contributed by atoms with Gasteiger partial charge in [-0.25, -0.2) is 0 Å². The number of hydrogen-bond donors (Lipinski definition) is 4. The monoisotopic (exact) mass is 482 g/mol. The van der Waals surface area contributed by atoms with E-state index in [9.17, 15) is 19.5 Å². The highest BCUT2D eigenvalue weighted by Gasteiger charge is 2.34. The maximum Gasteiger partial charge on any atom is 0.249 e. The van der Waals surface area contributed by atoms with E-state index in [1.807, 2.05) is 44.2 Å². The SMILES string of the molecule is CCC(N)C(=O)NC(=O)[C@H](CC(C)C)N(CCc1ccccc1)C(=O)[C@@H](N)Cc1ccc(O)cc1. The van der Waals surface area contributed by atoms with Gasteiger partial charge in [-0.2, -0.15) is 0 Å². The topological polar surface area (TPSA) is 139 Å². The summed E-state index contributed by atoms with van der Waals surface area (Å²) in [5, 5.41) is 11.9. The molecule has 2 rings (SSSR count). The summed E-state index contributed by atoms with van der Waals surface area (Å²) in [4.78, 5) is 40.7. The molecule has 3 atom stereocenters. The van der Waals surface area contributed by atoms with Gasteiger partial charge >= 0.3 is 0 Å². The van der Waals surface area contributed by atoms with Crippen LogP contribution in [0.2, 0.25) is 0 Å². The fourth-order valence-electron chi connectivity index (χ4n) is 3.81. The zero-order valence-corrected chi connectivity index (χ0v) is 20.8. The fourth-order valence-corrected chi connectivity index (χ4v) is 3.81. The van der Waals surface area contributed by atoms with Crippen LogP contribution in [0.3, 0.4) is 0 Å². The molecule has 0 aliphatic heterocycles. The first-order valence-corrected chi connectivity index (χ1v) is 12.1. The summed E-state index contributed by atoms with van der Waals surface area (Å²) in [5.41, 5.74) is 13.9. The Kier molecular flexibility index (Phi) is 10.9. The van der Waals surface area contributed by atoms with Gasteiger partial charge in [-0.3, -0.25) is 19.7 Å².